The van der Waals surface area contributed by atoms with E-state index in [1.165, 1.54) is 0 Å². The van der Waals surface area contributed by atoms with E-state index >= 15 is 0 Å². The highest BCUT2D eigenvalue weighted by Gasteiger charge is 2.32. The molecule has 0 aliphatic carbocycles. The summed E-state index contributed by atoms with van der Waals surface area (Å²) in [6.45, 7) is 1.72. The summed E-state index contributed by atoms with van der Waals surface area (Å²) in [7, 11) is 1.11. The molecule has 1 aromatic carbocycles. The number of methoxy groups -OCH3 is 1. The molecule has 1 rings (SSSR count). The van der Waals surface area contributed by atoms with Crippen molar-refractivity contribution in [3.63, 3.8) is 0 Å². The zero-order valence-corrected chi connectivity index (χ0v) is 8.93. The standard InChI is InChI=1S/C11H10N2O3/c1-7-5-3-4-6-8(7)10(14)9(13-12)11(15)16-2/h3-6H,1-2H3. The highest BCUT2D eigenvalue weighted by Crippen LogP contribution is 2.08. The van der Waals surface area contributed by atoms with Crippen molar-refractivity contribution in [2.24, 2.45) is 0 Å². The lowest BCUT2D eigenvalue weighted by Crippen LogP contribution is -2.27. The van der Waals surface area contributed by atoms with Crippen LogP contribution < -0.4 is 0 Å². The lowest BCUT2D eigenvalue weighted by molar-refractivity contribution is -0.137. The van der Waals surface area contributed by atoms with Crippen LogP contribution in [0.2, 0.25) is 0 Å². The number of carbonyl (C=O) groups is 2. The van der Waals surface area contributed by atoms with Gasteiger partial charge in [-0.3, -0.25) is 4.79 Å². The third-order valence-corrected chi connectivity index (χ3v) is 2.08. The van der Waals surface area contributed by atoms with Crippen LogP contribution in [0, 0.1) is 6.92 Å². The van der Waals surface area contributed by atoms with Crippen molar-refractivity contribution in [2.75, 3.05) is 7.11 Å². The highest BCUT2D eigenvalue weighted by molar-refractivity contribution is 6.65. The Morgan fingerprint density at radius 1 is 1.31 bits per heavy atom. The molecule has 0 saturated heterocycles. The molecule has 0 aliphatic heterocycles. The number of benzene rings is 1. The van der Waals surface area contributed by atoms with E-state index in [-0.39, 0.29) is 0 Å². The molecule has 0 atom stereocenters. The van der Waals surface area contributed by atoms with Crippen LogP contribution >= 0.6 is 0 Å². The second kappa shape index (κ2) is 5.00. The Balaban J connectivity index is 3.17. The minimum Gasteiger partial charge on any atom is -0.460 e. The van der Waals surface area contributed by atoms with Gasteiger partial charge in [-0.25, -0.2) is 4.79 Å². The maximum atomic E-state index is 11.8. The summed E-state index contributed by atoms with van der Waals surface area (Å²) in [6.07, 6.45) is 0. The van der Waals surface area contributed by atoms with Crippen LogP contribution in [-0.2, 0) is 9.53 Å². The molecule has 1 aromatic rings. The van der Waals surface area contributed by atoms with E-state index in [1.54, 1.807) is 31.2 Å². The van der Waals surface area contributed by atoms with E-state index < -0.39 is 17.5 Å². The minimum atomic E-state index is -0.962. The maximum Gasteiger partial charge on any atom is 0.446 e. The second-order valence-electron chi connectivity index (χ2n) is 3.08. The predicted molar refractivity (Wildman–Crippen MR) is 56.2 cm³/mol. The number of hydrogen-bond donors (Lipinski definition) is 0. The summed E-state index contributed by atoms with van der Waals surface area (Å²) >= 11 is 0. The van der Waals surface area contributed by atoms with E-state index in [2.05, 4.69) is 9.53 Å². The highest BCUT2D eigenvalue weighted by atomic mass is 16.5. The molecule has 0 fully saturated rings. The lowest BCUT2D eigenvalue weighted by atomic mass is 10.0. The number of carbonyl (C=O) groups excluding carboxylic acids is 2. The Morgan fingerprint density at radius 3 is 2.44 bits per heavy atom. The number of rotatable bonds is 3. The first-order chi connectivity index (χ1) is 7.61. The van der Waals surface area contributed by atoms with Crippen molar-refractivity contribution in [3.05, 3.63) is 40.9 Å². The topological polar surface area (TPSA) is 79.8 Å². The summed E-state index contributed by atoms with van der Waals surface area (Å²) in [4.78, 5) is 25.6. The molecule has 0 radical (unpaired) electrons. The Hall–Kier alpha value is -2.26. The van der Waals surface area contributed by atoms with Crippen molar-refractivity contribution in [2.45, 2.75) is 6.92 Å². The lowest BCUT2D eigenvalue weighted by Gasteiger charge is -1.99. The fraction of sp³-hybridized carbons (Fsp3) is 0.182. The van der Waals surface area contributed by atoms with Gasteiger partial charge in [-0.05, 0) is 12.5 Å². The van der Waals surface area contributed by atoms with Gasteiger partial charge in [-0.1, -0.05) is 24.3 Å². The number of Topliss-reactive ketones (excluding diaryl/α,β-unsaturated/α-hetero) is 1. The molecule has 0 spiro atoms. The van der Waals surface area contributed by atoms with Gasteiger partial charge in [0.1, 0.15) is 0 Å². The van der Waals surface area contributed by atoms with Crippen LogP contribution in [0.5, 0.6) is 0 Å². The first kappa shape index (κ1) is 11.8. The Kier molecular flexibility index (Phi) is 3.69. The molecule has 16 heavy (non-hydrogen) atoms. The third-order valence-electron chi connectivity index (χ3n) is 2.08. The zero-order chi connectivity index (χ0) is 12.1. The molecule has 0 bridgehead atoms. The van der Waals surface area contributed by atoms with Gasteiger partial charge in [0.2, 0.25) is 0 Å². The van der Waals surface area contributed by atoms with Crippen LogP contribution in [0.4, 0.5) is 0 Å². The Morgan fingerprint density at radius 2 is 1.94 bits per heavy atom. The van der Waals surface area contributed by atoms with E-state index in [4.69, 9.17) is 5.53 Å². The molecule has 0 unspecified atom stereocenters. The van der Waals surface area contributed by atoms with Crippen LogP contribution in [-0.4, -0.2) is 29.4 Å². The fourth-order valence-electron chi connectivity index (χ4n) is 1.23. The average Bonchev–Trinajstić information content (AvgIpc) is 2.30. The summed E-state index contributed by atoms with van der Waals surface area (Å²) in [5.74, 6) is -1.62. The SMILES string of the molecule is COC(=O)C(=[N+]=[N-])C(=O)c1ccccc1C. The van der Waals surface area contributed by atoms with Crippen molar-refractivity contribution >= 4 is 17.5 Å². The maximum absolute atomic E-state index is 11.8. The molecular weight excluding hydrogens is 208 g/mol. The van der Waals surface area contributed by atoms with E-state index in [9.17, 15) is 9.59 Å². The molecular formula is C11H10N2O3. The Bertz CT molecular complexity index is 488. The van der Waals surface area contributed by atoms with Gasteiger partial charge in [-0.15, -0.1) is 0 Å². The Labute approximate surface area is 92.3 Å². The summed E-state index contributed by atoms with van der Waals surface area (Å²) in [5.41, 5.74) is 8.99. The zero-order valence-electron chi connectivity index (χ0n) is 8.93. The summed E-state index contributed by atoms with van der Waals surface area (Å²) in [5, 5.41) is 0. The molecule has 0 saturated carbocycles. The van der Waals surface area contributed by atoms with Gasteiger partial charge in [-0.2, -0.15) is 4.79 Å². The number of ether oxygens (including phenoxy) is 1. The van der Waals surface area contributed by atoms with Crippen LogP contribution in [0.15, 0.2) is 24.3 Å². The molecule has 5 heteroatoms. The van der Waals surface area contributed by atoms with Crippen LogP contribution in [0.3, 0.4) is 0 Å². The summed E-state index contributed by atoms with van der Waals surface area (Å²) < 4.78 is 4.34. The molecule has 82 valence electrons. The van der Waals surface area contributed by atoms with Gasteiger partial charge < -0.3 is 10.3 Å². The molecule has 0 heterocycles. The van der Waals surface area contributed by atoms with E-state index in [0.717, 1.165) is 7.11 Å². The molecule has 5 nitrogen and oxygen atoms in total. The minimum absolute atomic E-state index is 0.306. The predicted octanol–water partition coefficient (Wildman–Crippen LogP) is 1.02. The third kappa shape index (κ3) is 2.21. The first-order valence-electron chi connectivity index (χ1n) is 4.52. The second-order valence-corrected chi connectivity index (χ2v) is 3.08. The molecule has 0 N–H and O–H groups in total. The van der Waals surface area contributed by atoms with Crippen LogP contribution in [0.25, 0.3) is 5.53 Å². The van der Waals surface area contributed by atoms with Gasteiger partial charge in [0.25, 0.3) is 5.78 Å². The van der Waals surface area contributed by atoms with Crippen molar-refractivity contribution in [1.29, 1.82) is 0 Å². The number of ketones is 1. The molecule has 0 aliphatic rings. The van der Waals surface area contributed by atoms with Gasteiger partial charge in [0.15, 0.2) is 0 Å². The largest absolute Gasteiger partial charge is 0.460 e. The number of aryl methyl sites for hydroxylation is 1. The van der Waals surface area contributed by atoms with Gasteiger partial charge in [0.05, 0.1) is 7.11 Å². The number of hydrogen-bond acceptors (Lipinski definition) is 3. The van der Waals surface area contributed by atoms with Gasteiger partial charge in [0, 0.05) is 5.56 Å². The van der Waals surface area contributed by atoms with E-state index in [1.807, 2.05) is 0 Å². The molecule has 0 aromatic heterocycles. The monoisotopic (exact) mass is 218 g/mol. The van der Waals surface area contributed by atoms with Crippen molar-refractivity contribution < 1.29 is 19.1 Å². The molecule has 0 amide bonds. The smallest absolute Gasteiger partial charge is 0.446 e. The van der Waals surface area contributed by atoms with E-state index in [0.29, 0.717) is 11.1 Å². The number of nitrogens with zero attached hydrogens (tertiary/aromatic N) is 2. The first-order valence-corrected chi connectivity index (χ1v) is 4.52. The van der Waals surface area contributed by atoms with Gasteiger partial charge >= 0.3 is 11.7 Å². The quantitative estimate of drug-likeness (QED) is 0.190. The average molecular weight is 218 g/mol. The van der Waals surface area contributed by atoms with Crippen molar-refractivity contribution in [1.82, 2.24) is 0 Å². The fourth-order valence-corrected chi connectivity index (χ4v) is 1.23. The normalized spacial score (nSPS) is 9.12. The number of esters is 1. The summed E-state index contributed by atoms with van der Waals surface area (Å²) in [6, 6.07) is 6.69. The van der Waals surface area contributed by atoms with Crippen LogP contribution in [0.1, 0.15) is 15.9 Å². The van der Waals surface area contributed by atoms with Crippen molar-refractivity contribution in [3.8, 4) is 0 Å².